The second-order valence-corrected chi connectivity index (χ2v) is 7.33. The smallest absolute Gasteiger partial charge is 0.254 e. The van der Waals surface area contributed by atoms with Gasteiger partial charge in [-0.05, 0) is 36.8 Å². The Labute approximate surface area is 142 Å². The minimum absolute atomic E-state index is 0.0464. The molecular weight excluding hydrogens is 326 g/mol. The first kappa shape index (κ1) is 17.9. The van der Waals surface area contributed by atoms with E-state index < -0.39 is 10.0 Å². The second-order valence-electron chi connectivity index (χ2n) is 5.48. The summed E-state index contributed by atoms with van der Waals surface area (Å²) in [6.07, 6.45) is 2.21. The third kappa shape index (κ3) is 5.06. The van der Waals surface area contributed by atoms with Crippen LogP contribution >= 0.6 is 0 Å². The van der Waals surface area contributed by atoms with E-state index in [0.29, 0.717) is 24.2 Å². The fourth-order valence-electron chi connectivity index (χ4n) is 2.24. The summed E-state index contributed by atoms with van der Waals surface area (Å²) >= 11 is 0. The summed E-state index contributed by atoms with van der Waals surface area (Å²) in [6, 6.07) is 12.0. The Hall–Kier alpha value is -2.41. The number of aromatic nitrogens is 1. The number of anilines is 1. The number of pyridine rings is 1. The number of amides is 1. The Morgan fingerprint density at radius 3 is 2.67 bits per heavy atom. The highest BCUT2D eigenvalue weighted by molar-refractivity contribution is 7.92. The predicted molar refractivity (Wildman–Crippen MR) is 94.2 cm³/mol. The zero-order valence-electron chi connectivity index (χ0n) is 13.8. The van der Waals surface area contributed by atoms with Crippen LogP contribution in [0, 0.1) is 0 Å². The Morgan fingerprint density at radius 1 is 1.21 bits per heavy atom. The van der Waals surface area contributed by atoms with Crippen LogP contribution in [0.4, 0.5) is 5.69 Å². The molecular formula is C17H21N3O3S. The highest BCUT2D eigenvalue weighted by atomic mass is 32.2. The molecule has 128 valence electrons. The van der Waals surface area contributed by atoms with Gasteiger partial charge >= 0.3 is 0 Å². The van der Waals surface area contributed by atoms with Gasteiger partial charge in [-0.2, -0.15) is 0 Å². The molecule has 0 unspecified atom stereocenters. The number of benzene rings is 1. The van der Waals surface area contributed by atoms with Crippen LogP contribution in [0.1, 0.15) is 29.4 Å². The maximum Gasteiger partial charge on any atom is 0.254 e. The molecule has 24 heavy (non-hydrogen) atoms. The fourth-order valence-corrected chi connectivity index (χ4v) is 3.37. The first-order valence-electron chi connectivity index (χ1n) is 7.67. The van der Waals surface area contributed by atoms with E-state index in [0.717, 1.165) is 5.69 Å². The van der Waals surface area contributed by atoms with Crippen molar-refractivity contribution < 1.29 is 13.2 Å². The lowest BCUT2D eigenvalue weighted by molar-refractivity contribution is 0.0783. The molecule has 2 aromatic rings. The minimum Gasteiger partial charge on any atom is -0.336 e. The number of carbonyl (C=O) groups is 1. The highest BCUT2D eigenvalue weighted by Crippen LogP contribution is 2.15. The molecule has 0 radical (unpaired) electrons. The molecule has 2 rings (SSSR count). The van der Waals surface area contributed by atoms with E-state index in [1.54, 1.807) is 49.3 Å². The number of carbonyl (C=O) groups excluding carboxylic acids is 1. The van der Waals surface area contributed by atoms with Crippen LogP contribution in [0.25, 0.3) is 0 Å². The van der Waals surface area contributed by atoms with Crippen LogP contribution in [0.2, 0.25) is 0 Å². The molecule has 0 spiro atoms. The molecule has 1 aromatic heterocycles. The van der Waals surface area contributed by atoms with Gasteiger partial charge in [0, 0.05) is 24.5 Å². The minimum atomic E-state index is -3.38. The zero-order valence-corrected chi connectivity index (χ0v) is 14.6. The molecule has 6 nitrogen and oxygen atoms in total. The summed E-state index contributed by atoms with van der Waals surface area (Å²) in [5.74, 6) is -0.151. The quantitative estimate of drug-likeness (QED) is 0.834. The molecule has 1 aromatic carbocycles. The summed E-state index contributed by atoms with van der Waals surface area (Å²) in [5, 5.41) is 0. The third-order valence-corrected chi connectivity index (χ3v) is 4.82. The fraction of sp³-hybridized carbons (Fsp3) is 0.294. The largest absolute Gasteiger partial charge is 0.336 e. The number of nitrogens with one attached hydrogen (secondary N) is 1. The number of rotatable bonds is 7. The summed E-state index contributed by atoms with van der Waals surface area (Å²) in [6.45, 7) is 2.18. The van der Waals surface area contributed by atoms with Crippen molar-refractivity contribution in [1.29, 1.82) is 0 Å². The maximum absolute atomic E-state index is 12.5. The van der Waals surface area contributed by atoms with Crippen LogP contribution in [0.15, 0.2) is 48.7 Å². The zero-order chi connectivity index (χ0) is 17.6. The van der Waals surface area contributed by atoms with Gasteiger partial charge in [0.05, 0.1) is 18.0 Å². The number of sulfonamides is 1. The molecule has 0 atom stereocenters. The molecule has 0 aliphatic carbocycles. The van der Waals surface area contributed by atoms with Crippen LogP contribution < -0.4 is 4.72 Å². The van der Waals surface area contributed by atoms with Crippen molar-refractivity contribution in [2.75, 3.05) is 17.5 Å². The molecule has 0 saturated heterocycles. The van der Waals surface area contributed by atoms with Crippen LogP contribution in [0.5, 0.6) is 0 Å². The van der Waals surface area contributed by atoms with Gasteiger partial charge in [0.2, 0.25) is 10.0 Å². The van der Waals surface area contributed by atoms with E-state index in [1.165, 1.54) is 0 Å². The van der Waals surface area contributed by atoms with Crippen molar-refractivity contribution in [2.24, 2.45) is 0 Å². The maximum atomic E-state index is 12.5. The van der Waals surface area contributed by atoms with Gasteiger partial charge in [-0.1, -0.05) is 19.1 Å². The number of hydrogen-bond acceptors (Lipinski definition) is 4. The molecule has 0 aliphatic rings. The van der Waals surface area contributed by atoms with Crippen LogP contribution in [0.3, 0.4) is 0 Å². The Balaban J connectivity index is 2.11. The predicted octanol–water partition coefficient (Wildman–Crippen LogP) is 2.51. The lowest BCUT2D eigenvalue weighted by Crippen LogP contribution is -2.26. The van der Waals surface area contributed by atoms with Crippen LogP contribution in [-0.2, 0) is 16.6 Å². The van der Waals surface area contributed by atoms with E-state index in [2.05, 4.69) is 9.71 Å². The number of nitrogens with zero attached hydrogens (tertiary/aromatic N) is 2. The van der Waals surface area contributed by atoms with E-state index in [4.69, 9.17) is 0 Å². The first-order chi connectivity index (χ1) is 11.4. The molecule has 0 fully saturated rings. The Bertz CT molecular complexity index is 792. The Kier molecular flexibility index (Phi) is 5.92. The average Bonchev–Trinajstić information content (AvgIpc) is 2.54. The van der Waals surface area contributed by atoms with Gasteiger partial charge in [-0.25, -0.2) is 8.42 Å². The third-order valence-electron chi connectivity index (χ3n) is 3.33. The summed E-state index contributed by atoms with van der Waals surface area (Å²) < 4.78 is 26.2. The number of hydrogen-bond donors (Lipinski definition) is 1. The van der Waals surface area contributed by atoms with E-state index in [1.807, 2.05) is 18.2 Å². The highest BCUT2D eigenvalue weighted by Gasteiger charge is 2.14. The molecule has 0 aliphatic heterocycles. The van der Waals surface area contributed by atoms with Gasteiger partial charge in [0.1, 0.15) is 0 Å². The summed E-state index contributed by atoms with van der Waals surface area (Å²) in [7, 11) is -1.70. The lowest BCUT2D eigenvalue weighted by Gasteiger charge is -2.17. The van der Waals surface area contributed by atoms with Crippen molar-refractivity contribution in [3.8, 4) is 0 Å². The SMILES string of the molecule is CCCS(=O)(=O)Nc1cccc(C(=O)N(C)Cc2ccccn2)c1. The van der Waals surface area contributed by atoms with Gasteiger partial charge < -0.3 is 4.90 Å². The van der Waals surface area contributed by atoms with Gasteiger partial charge in [-0.3, -0.25) is 14.5 Å². The lowest BCUT2D eigenvalue weighted by atomic mass is 10.2. The molecule has 0 saturated carbocycles. The van der Waals surface area contributed by atoms with E-state index in [-0.39, 0.29) is 11.7 Å². The van der Waals surface area contributed by atoms with E-state index >= 15 is 0 Å². The monoisotopic (exact) mass is 347 g/mol. The molecule has 7 heteroatoms. The summed E-state index contributed by atoms with van der Waals surface area (Å²) in [5.41, 5.74) is 1.60. The standard InChI is InChI=1S/C17H21N3O3S/c1-3-11-24(22,23)19-15-9-6-7-14(12-15)17(21)20(2)13-16-8-4-5-10-18-16/h4-10,12,19H,3,11,13H2,1-2H3. The van der Waals surface area contributed by atoms with Crippen molar-refractivity contribution in [3.63, 3.8) is 0 Å². The normalized spacial score (nSPS) is 11.1. The van der Waals surface area contributed by atoms with E-state index in [9.17, 15) is 13.2 Å². The van der Waals surface area contributed by atoms with Crippen molar-refractivity contribution >= 4 is 21.6 Å². The van der Waals surface area contributed by atoms with Crippen LogP contribution in [-0.4, -0.2) is 37.0 Å². The topological polar surface area (TPSA) is 79.4 Å². The van der Waals surface area contributed by atoms with Crippen molar-refractivity contribution in [2.45, 2.75) is 19.9 Å². The molecule has 1 N–H and O–H groups in total. The second kappa shape index (κ2) is 7.92. The Morgan fingerprint density at radius 2 is 2.00 bits per heavy atom. The molecule has 1 heterocycles. The first-order valence-corrected chi connectivity index (χ1v) is 9.32. The van der Waals surface area contributed by atoms with Gasteiger partial charge in [0.25, 0.3) is 5.91 Å². The van der Waals surface area contributed by atoms with Crippen molar-refractivity contribution in [3.05, 3.63) is 59.9 Å². The van der Waals surface area contributed by atoms with Crippen molar-refractivity contribution in [1.82, 2.24) is 9.88 Å². The summed E-state index contributed by atoms with van der Waals surface area (Å²) in [4.78, 5) is 18.3. The van der Waals surface area contributed by atoms with Gasteiger partial charge in [0.15, 0.2) is 0 Å². The van der Waals surface area contributed by atoms with Gasteiger partial charge in [-0.15, -0.1) is 0 Å². The molecule has 0 bridgehead atoms. The average molecular weight is 347 g/mol. The molecule has 1 amide bonds.